The van der Waals surface area contributed by atoms with Crippen LogP contribution < -0.4 is 21.7 Å². The van der Waals surface area contributed by atoms with E-state index in [0.717, 1.165) is 0 Å². The number of hydrogen-bond donors (Lipinski definition) is 4. The number of urea groups is 1. The molecule has 0 fully saturated rings. The van der Waals surface area contributed by atoms with E-state index in [0.29, 0.717) is 11.4 Å². The first kappa shape index (κ1) is 15.9. The standard InChI is InChI=1S/C13H20N4O3/c1-15-13(19)17-10-5-3-4-9(6-10)16-12(18)7-11(8-14)20-2/h3-6,11H,7-8,14H2,1-2H3,(H,16,18)(H2,15,17,19). The average Bonchev–Trinajstić information content (AvgIpc) is 2.44. The Kier molecular flexibility index (Phi) is 6.48. The van der Waals surface area contributed by atoms with Gasteiger partial charge in [0, 0.05) is 32.1 Å². The molecule has 110 valence electrons. The summed E-state index contributed by atoms with van der Waals surface area (Å²) < 4.78 is 5.05. The zero-order valence-electron chi connectivity index (χ0n) is 11.6. The van der Waals surface area contributed by atoms with Crippen molar-refractivity contribution in [2.24, 2.45) is 5.73 Å². The van der Waals surface area contributed by atoms with Gasteiger partial charge in [0.15, 0.2) is 0 Å². The second-order valence-corrected chi connectivity index (χ2v) is 4.13. The number of ether oxygens (including phenoxy) is 1. The molecule has 0 spiro atoms. The molecule has 1 rings (SSSR count). The molecule has 5 N–H and O–H groups in total. The number of carbonyl (C=O) groups is 2. The van der Waals surface area contributed by atoms with Crippen molar-refractivity contribution in [2.75, 3.05) is 31.3 Å². The summed E-state index contributed by atoms with van der Waals surface area (Å²) in [6.07, 6.45) is -0.123. The van der Waals surface area contributed by atoms with Crippen LogP contribution in [0.4, 0.5) is 16.2 Å². The summed E-state index contributed by atoms with van der Waals surface area (Å²) in [5, 5.41) is 7.80. The van der Waals surface area contributed by atoms with Crippen molar-refractivity contribution in [3.05, 3.63) is 24.3 Å². The highest BCUT2D eigenvalue weighted by molar-refractivity contribution is 5.93. The molecule has 20 heavy (non-hydrogen) atoms. The fourth-order valence-corrected chi connectivity index (χ4v) is 1.55. The maximum absolute atomic E-state index is 11.8. The van der Waals surface area contributed by atoms with E-state index in [1.165, 1.54) is 14.2 Å². The Hall–Kier alpha value is -2.12. The Morgan fingerprint density at radius 1 is 1.30 bits per heavy atom. The molecule has 0 radical (unpaired) electrons. The Bertz CT molecular complexity index is 461. The molecule has 0 saturated carbocycles. The van der Waals surface area contributed by atoms with Crippen LogP contribution in [0.1, 0.15) is 6.42 Å². The van der Waals surface area contributed by atoms with Crippen LogP contribution in [0.25, 0.3) is 0 Å². The minimum atomic E-state index is -0.323. The number of amides is 3. The molecule has 7 nitrogen and oxygen atoms in total. The highest BCUT2D eigenvalue weighted by atomic mass is 16.5. The smallest absolute Gasteiger partial charge is 0.318 e. The number of anilines is 2. The van der Waals surface area contributed by atoms with E-state index in [2.05, 4.69) is 16.0 Å². The average molecular weight is 280 g/mol. The van der Waals surface area contributed by atoms with Gasteiger partial charge in [-0.15, -0.1) is 0 Å². The normalized spacial score (nSPS) is 11.6. The van der Waals surface area contributed by atoms with E-state index in [-0.39, 0.29) is 31.0 Å². The molecule has 0 aromatic heterocycles. The lowest BCUT2D eigenvalue weighted by atomic mass is 10.2. The topological polar surface area (TPSA) is 105 Å². The molecule has 0 heterocycles. The largest absolute Gasteiger partial charge is 0.380 e. The first-order chi connectivity index (χ1) is 9.58. The molecule has 1 atom stereocenters. The van der Waals surface area contributed by atoms with Gasteiger partial charge in [-0.25, -0.2) is 4.79 Å². The summed E-state index contributed by atoms with van der Waals surface area (Å²) in [4.78, 5) is 23.0. The minimum Gasteiger partial charge on any atom is -0.380 e. The molecule has 1 unspecified atom stereocenters. The zero-order chi connectivity index (χ0) is 15.0. The monoisotopic (exact) mass is 280 g/mol. The van der Waals surface area contributed by atoms with Crippen LogP contribution in [-0.2, 0) is 9.53 Å². The summed E-state index contributed by atoms with van der Waals surface area (Å²) in [5.41, 5.74) is 6.64. The summed E-state index contributed by atoms with van der Waals surface area (Å²) in [6.45, 7) is 0.280. The Morgan fingerprint density at radius 3 is 2.50 bits per heavy atom. The van der Waals surface area contributed by atoms with E-state index in [1.54, 1.807) is 24.3 Å². The number of nitrogens with two attached hydrogens (primary N) is 1. The molecule has 0 saturated heterocycles. The van der Waals surface area contributed by atoms with Crippen molar-refractivity contribution in [1.29, 1.82) is 0 Å². The van der Waals surface area contributed by atoms with Crippen molar-refractivity contribution in [3.63, 3.8) is 0 Å². The van der Waals surface area contributed by atoms with Gasteiger partial charge < -0.3 is 26.4 Å². The molecule has 1 aromatic carbocycles. The summed E-state index contributed by atoms with van der Waals surface area (Å²) in [7, 11) is 3.04. The SMILES string of the molecule is CNC(=O)Nc1cccc(NC(=O)CC(CN)OC)c1. The quantitative estimate of drug-likeness (QED) is 0.616. The second-order valence-electron chi connectivity index (χ2n) is 4.13. The molecule has 3 amide bonds. The van der Waals surface area contributed by atoms with Gasteiger partial charge in [-0.3, -0.25) is 4.79 Å². The second kappa shape index (κ2) is 8.13. The number of hydrogen-bond acceptors (Lipinski definition) is 4. The van der Waals surface area contributed by atoms with Gasteiger partial charge in [0.2, 0.25) is 5.91 Å². The van der Waals surface area contributed by atoms with Crippen LogP contribution in [-0.4, -0.2) is 38.7 Å². The summed E-state index contributed by atoms with van der Waals surface area (Å²) in [6, 6.07) is 6.53. The third-order valence-corrected chi connectivity index (χ3v) is 2.64. The van der Waals surface area contributed by atoms with Crippen LogP contribution in [0.2, 0.25) is 0 Å². The van der Waals surface area contributed by atoms with Crippen LogP contribution in [0.3, 0.4) is 0 Å². The lowest BCUT2D eigenvalue weighted by molar-refractivity contribution is -0.118. The van der Waals surface area contributed by atoms with Crippen molar-refractivity contribution in [3.8, 4) is 0 Å². The highest BCUT2D eigenvalue weighted by Gasteiger charge is 2.11. The van der Waals surface area contributed by atoms with Gasteiger partial charge in [-0.2, -0.15) is 0 Å². The van der Waals surface area contributed by atoms with E-state index in [1.807, 2.05) is 0 Å². The molecule has 0 aliphatic heterocycles. The molecular weight excluding hydrogens is 260 g/mol. The van der Waals surface area contributed by atoms with Gasteiger partial charge in [-0.1, -0.05) is 6.07 Å². The third-order valence-electron chi connectivity index (χ3n) is 2.64. The van der Waals surface area contributed by atoms with Crippen LogP contribution in [0.15, 0.2) is 24.3 Å². The molecule has 7 heteroatoms. The first-order valence-corrected chi connectivity index (χ1v) is 6.20. The molecule has 1 aromatic rings. The van der Waals surface area contributed by atoms with Gasteiger partial charge in [0.1, 0.15) is 0 Å². The molecule has 0 aliphatic carbocycles. The summed E-state index contributed by atoms with van der Waals surface area (Å²) in [5.74, 6) is -0.195. The predicted molar refractivity (Wildman–Crippen MR) is 77.6 cm³/mol. The van der Waals surface area contributed by atoms with E-state index < -0.39 is 0 Å². The van der Waals surface area contributed by atoms with E-state index in [4.69, 9.17) is 10.5 Å². The lowest BCUT2D eigenvalue weighted by Crippen LogP contribution is -2.28. The van der Waals surface area contributed by atoms with Crippen molar-refractivity contribution < 1.29 is 14.3 Å². The van der Waals surface area contributed by atoms with Gasteiger partial charge in [0.25, 0.3) is 0 Å². The summed E-state index contributed by atoms with van der Waals surface area (Å²) >= 11 is 0. The fourth-order valence-electron chi connectivity index (χ4n) is 1.55. The van der Waals surface area contributed by atoms with Gasteiger partial charge in [0.05, 0.1) is 12.5 Å². The van der Waals surface area contributed by atoms with E-state index >= 15 is 0 Å². The van der Waals surface area contributed by atoms with Crippen molar-refractivity contribution in [2.45, 2.75) is 12.5 Å². The number of carbonyl (C=O) groups excluding carboxylic acids is 2. The van der Waals surface area contributed by atoms with Gasteiger partial charge in [-0.05, 0) is 18.2 Å². The van der Waals surface area contributed by atoms with Crippen LogP contribution in [0.5, 0.6) is 0 Å². The molecular formula is C13H20N4O3. The number of rotatable bonds is 6. The fraction of sp³-hybridized carbons (Fsp3) is 0.385. The van der Waals surface area contributed by atoms with Crippen molar-refractivity contribution in [1.82, 2.24) is 5.32 Å². The highest BCUT2D eigenvalue weighted by Crippen LogP contribution is 2.15. The first-order valence-electron chi connectivity index (χ1n) is 6.20. The lowest BCUT2D eigenvalue weighted by Gasteiger charge is -2.13. The predicted octanol–water partition coefficient (Wildman–Crippen LogP) is 0.740. The van der Waals surface area contributed by atoms with Crippen LogP contribution in [0, 0.1) is 0 Å². The van der Waals surface area contributed by atoms with E-state index in [9.17, 15) is 9.59 Å². The molecule has 0 bridgehead atoms. The minimum absolute atomic E-state index is 0.181. The number of nitrogens with one attached hydrogen (secondary N) is 3. The Labute approximate surface area is 117 Å². The third kappa shape index (κ3) is 5.25. The maximum atomic E-state index is 11.8. The van der Waals surface area contributed by atoms with Gasteiger partial charge >= 0.3 is 6.03 Å². The Balaban J connectivity index is 2.61. The molecule has 0 aliphatic rings. The zero-order valence-corrected chi connectivity index (χ0v) is 11.6. The maximum Gasteiger partial charge on any atom is 0.318 e. The number of benzene rings is 1. The number of methoxy groups -OCH3 is 1. The Morgan fingerprint density at radius 2 is 1.95 bits per heavy atom. The van der Waals surface area contributed by atoms with Crippen LogP contribution >= 0.6 is 0 Å². The van der Waals surface area contributed by atoms with Crippen molar-refractivity contribution >= 4 is 23.3 Å².